The third kappa shape index (κ3) is 6.11. The summed E-state index contributed by atoms with van der Waals surface area (Å²) in [4.78, 5) is 11.5. The first-order chi connectivity index (χ1) is 7.38. The molecular formula is C13H27NO2. The Morgan fingerprint density at radius 3 is 2.19 bits per heavy atom. The maximum absolute atomic E-state index is 11.5. The van der Waals surface area contributed by atoms with E-state index < -0.39 is 6.04 Å². The third-order valence-electron chi connectivity index (χ3n) is 3.00. The van der Waals surface area contributed by atoms with Crippen LogP contribution in [0.1, 0.15) is 47.5 Å². The van der Waals surface area contributed by atoms with Gasteiger partial charge in [-0.05, 0) is 24.2 Å². The average molecular weight is 229 g/mol. The van der Waals surface area contributed by atoms with Crippen molar-refractivity contribution in [3.63, 3.8) is 0 Å². The van der Waals surface area contributed by atoms with Gasteiger partial charge in [0.05, 0.1) is 6.61 Å². The van der Waals surface area contributed by atoms with Crippen LogP contribution in [0.2, 0.25) is 0 Å². The van der Waals surface area contributed by atoms with Crippen LogP contribution in [0.3, 0.4) is 0 Å². The van der Waals surface area contributed by atoms with E-state index in [0.29, 0.717) is 18.4 Å². The van der Waals surface area contributed by atoms with Gasteiger partial charge in [-0.3, -0.25) is 4.79 Å². The summed E-state index contributed by atoms with van der Waals surface area (Å²) in [7, 11) is 0. The van der Waals surface area contributed by atoms with E-state index in [9.17, 15) is 4.79 Å². The van der Waals surface area contributed by atoms with E-state index in [1.54, 1.807) is 0 Å². The molecule has 0 aromatic rings. The second kappa shape index (κ2) is 7.66. The van der Waals surface area contributed by atoms with Crippen LogP contribution in [0.25, 0.3) is 0 Å². The molecule has 0 heterocycles. The van der Waals surface area contributed by atoms with E-state index in [4.69, 9.17) is 10.5 Å². The zero-order valence-corrected chi connectivity index (χ0v) is 11.3. The highest BCUT2D eigenvalue weighted by atomic mass is 16.5. The normalized spacial score (nSPS) is 16.9. The Labute approximate surface area is 99.7 Å². The number of rotatable bonds is 7. The summed E-state index contributed by atoms with van der Waals surface area (Å²) in [5, 5.41) is 0. The first-order valence-corrected chi connectivity index (χ1v) is 6.30. The minimum absolute atomic E-state index is 0.136. The Kier molecular flexibility index (Phi) is 7.39. The average Bonchev–Trinajstić information content (AvgIpc) is 2.24. The lowest BCUT2D eigenvalue weighted by atomic mass is 9.96. The van der Waals surface area contributed by atoms with Crippen molar-refractivity contribution in [3.8, 4) is 0 Å². The lowest BCUT2D eigenvalue weighted by Crippen LogP contribution is -2.37. The van der Waals surface area contributed by atoms with E-state index in [-0.39, 0.29) is 11.9 Å². The predicted molar refractivity (Wildman–Crippen MR) is 67.0 cm³/mol. The van der Waals surface area contributed by atoms with Crippen molar-refractivity contribution in [2.75, 3.05) is 6.61 Å². The Hall–Kier alpha value is -0.570. The minimum atomic E-state index is -0.490. The molecule has 2 unspecified atom stereocenters. The molecule has 0 rings (SSSR count). The second-order valence-electron chi connectivity index (χ2n) is 5.25. The van der Waals surface area contributed by atoms with Gasteiger partial charge in [-0.2, -0.15) is 0 Å². The fraction of sp³-hybridized carbons (Fsp3) is 0.923. The maximum atomic E-state index is 11.5. The molecule has 0 aliphatic carbocycles. The van der Waals surface area contributed by atoms with Crippen molar-refractivity contribution in [3.05, 3.63) is 0 Å². The van der Waals surface area contributed by atoms with Gasteiger partial charge in [0.15, 0.2) is 0 Å². The summed E-state index contributed by atoms with van der Waals surface area (Å²) in [6, 6.07) is -0.490. The van der Waals surface area contributed by atoms with Gasteiger partial charge >= 0.3 is 5.97 Å². The van der Waals surface area contributed by atoms with Gasteiger partial charge in [0.25, 0.3) is 0 Å². The van der Waals surface area contributed by atoms with Crippen molar-refractivity contribution < 1.29 is 9.53 Å². The molecule has 0 aliphatic heterocycles. The summed E-state index contributed by atoms with van der Waals surface area (Å²) in [6.45, 7) is 10.9. The third-order valence-corrected chi connectivity index (χ3v) is 3.00. The largest absolute Gasteiger partial charge is 0.464 e. The lowest BCUT2D eigenvalue weighted by Gasteiger charge is -2.18. The van der Waals surface area contributed by atoms with Crippen molar-refractivity contribution in [2.45, 2.75) is 53.5 Å². The number of hydrogen-bond acceptors (Lipinski definition) is 3. The quantitative estimate of drug-likeness (QED) is 0.683. The number of carbonyl (C=O) groups excluding carboxylic acids is 1. The van der Waals surface area contributed by atoms with Gasteiger partial charge in [-0.25, -0.2) is 0 Å². The van der Waals surface area contributed by atoms with Gasteiger partial charge in [-0.15, -0.1) is 0 Å². The van der Waals surface area contributed by atoms with Crippen molar-refractivity contribution in [2.24, 2.45) is 23.5 Å². The molecule has 0 radical (unpaired) electrons. The molecule has 0 saturated heterocycles. The smallest absolute Gasteiger partial charge is 0.323 e. The van der Waals surface area contributed by atoms with E-state index in [2.05, 4.69) is 20.8 Å². The first-order valence-electron chi connectivity index (χ1n) is 6.30. The second-order valence-corrected chi connectivity index (χ2v) is 5.25. The molecule has 0 fully saturated rings. The molecule has 0 bridgehead atoms. The monoisotopic (exact) mass is 229 g/mol. The molecule has 96 valence electrons. The van der Waals surface area contributed by atoms with Gasteiger partial charge < -0.3 is 10.5 Å². The van der Waals surface area contributed by atoms with Crippen LogP contribution in [0.15, 0.2) is 0 Å². The molecular weight excluding hydrogens is 202 g/mol. The molecule has 16 heavy (non-hydrogen) atoms. The summed E-state index contributed by atoms with van der Waals surface area (Å²) >= 11 is 0. The van der Waals surface area contributed by atoms with Gasteiger partial charge in [-0.1, -0.05) is 41.0 Å². The molecule has 0 saturated carbocycles. The van der Waals surface area contributed by atoms with Gasteiger partial charge in [0.2, 0.25) is 0 Å². The van der Waals surface area contributed by atoms with Crippen LogP contribution in [0.5, 0.6) is 0 Å². The SMILES string of the molecule is CCC(C)CC(C)COC(=O)[C@@H](N)C(C)C. The number of ether oxygens (including phenoxy) is 1. The number of hydrogen-bond donors (Lipinski definition) is 1. The molecule has 3 nitrogen and oxygen atoms in total. The molecule has 0 amide bonds. The zero-order valence-electron chi connectivity index (χ0n) is 11.3. The Bertz CT molecular complexity index is 204. The Balaban J connectivity index is 3.83. The van der Waals surface area contributed by atoms with Crippen LogP contribution < -0.4 is 5.73 Å². The summed E-state index contributed by atoms with van der Waals surface area (Å²) < 4.78 is 5.21. The Morgan fingerprint density at radius 2 is 1.75 bits per heavy atom. The highest BCUT2D eigenvalue weighted by molar-refractivity contribution is 5.75. The summed E-state index contributed by atoms with van der Waals surface area (Å²) in [5.74, 6) is 0.967. The maximum Gasteiger partial charge on any atom is 0.323 e. The van der Waals surface area contributed by atoms with Crippen LogP contribution in [0, 0.1) is 17.8 Å². The topological polar surface area (TPSA) is 52.3 Å². The van der Waals surface area contributed by atoms with Crippen LogP contribution in [-0.4, -0.2) is 18.6 Å². The van der Waals surface area contributed by atoms with Crippen LogP contribution in [-0.2, 0) is 9.53 Å². The number of carbonyl (C=O) groups is 1. The highest BCUT2D eigenvalue weighted by Crippen LogP contribution is 2.15. The minimum Gasteiger partial charge on any atom is -0.464 e. The summed E-state index contributed by atoms with van der Waals surface area (Å²) in [5.41, 5.74) is 5.70. The molecule has 0 aromatic carbocycles. The lowest BCUT2D eigenvalue weighted by molar-refractivity contribution is -0.147. The van der Waals surface area contributed by atoms with Crippen LogP contribution >= 0.6 is 0 Å². The number of nitrogens with two attached hydrogens (primary N) is 1. The van der Waals surface area contributed by atoms with Gasteiger partial charge in [0.1, 0.15) is 6.04 Å². The summed E-state index contributed by atoms with van der Waals surface area (Å²) in [6.07, 6.45) is 2.27. The zero-order chi connectivity index (χ0) is 12.7. The molecule has 2 N–H and O–H groups in total. The molecule has 3 atom stereocenters. The molecule has 0 aromatic heterocycles. The first kappa shape index (κ1) is 15.4. The van der Waals surface area contributed by atoms with Crippen molar-refractivity contribution in [1.82, 2.24) is 0 Å². The molecule has 3 heteroatoms. The van der Waals surface area contributed by atoms with E-state index in [1.165, 1.54) is 6.42 Å². The Morgan fingerprint density at radius 1 is 1.19 bits per heavy atom. The van der Waals surface area contributed by atoms with E-state index >= 15 is 0 Å². The van der Waals surface area contributed by atoms with Gasteiger partial charge in [0, 0.05) is 0 Å². The standard InChI is InChI=1S/C13H27NO2/c1-6-10(4)7-11(5)8-16-13(15)12(14)9(2)3/h9-12H,6-8,14H2,1-5H3/t10?,11?,12-/m0/s1. The number of esters is 1. The molecule has 0 aliphatic rings. The van der Waals surface area contributed by atoms with E-state index in [0.717, 1.165) is 6.42 Å². The predicted octanol–water partition coefficient (Wildman–Crippen LogP) is 2.59. The van der Waals surface area contributed by atoms with Crippen molar-refractivity contribution in [1.29, 1.82) is 0 Å². The fourth-order valence-corrected chi connectivity index (χ4v) is 1.51. The van der Waals surface area contributed by atoms with Crippen LogP contribution in [0.4, 0.5) is 0 Å². The highest BCUT2D eigenvalue weighted by Gasteiger charge is 2.19. The van der Waals surface area contributed by atoms with Crippen molar-refractivity contribution >= 4 is 5.97 Å². The molecule has 0 spiro atoms. The van der Waals surface area contributed by atoms with E-state index in [1.807, 2.05) is 13.8 Å². The fourth-order valence-electron chi connectivity index (χ4n) is 1.51.